The van der Waals surface area contributed by atoms with E-state index in [1.165, 1.54) is 25.7 Å². The van der Waals surface area contributed by atoms with Gasteiger partial charge in [-0.15, -0.1) is 0 Å². The second kappa shape index (κ2) is 7.03. The maximum Gasteiger partial charge on any atom is 0.0126 e. The van der Waals surface area contributed by atoms with Crippen molar-refractivity contribution in [2.45, 2.75) is 39.5 Å². The number of hydrazine groups is 1. The first kappa shape index (κ1) is 9.92. The van der Waals surface area contributed by atoms with Gasteiger partial charge in [0, 0.05) is 6.54 Å². The molecule has 0 aliphatic rings. The van der Waals surface area contributed by atoms with Crippen LogP contribution in [-0.4, -0.2) is 6.54 Å². The van der Waals surface area contributed by atoms with Crippen molar-refractivity contribution in [1.29, 1.82) is 0 Å². The van der Waals surface area contributed by atoms with Crippen LogP contribution >= 0.6 is 0 Å². The fourth-order valence-corrected chi connectivity index (χ4v) is 1.11. The van der Waals surface area contributed by atoms with E-state index in [2.05, 4.69) is 19.3 Å². The summed E-state index contributed by atoms with van der Waals surface area (Å²) >= 11 is 0. The van der Waals surface area contributed by atoms with Crippen molar-refractivity contribution in [3.63, 3.8) is 0 Å². The molecular weight excluding hydrogens is 124 g/mol. The Labute approximate surface area is 64.2 Å². The SMILES string of the molecule is CCCCC(CC)CNN. The Bertz CT molecular complexity index is 64.3. The van der Waals surface area contributed by atoms with E-state index < -0.39 is 0 Å². The van der Waals surface area contributed by atoms with Gasteiger partial charge in [-0.2, -0.15) is 0 Å². The number of hydrogen-bond donors (Lipinski definition) is 2. The number of rotatable bonds is 6. The van der Waals surface area contributed by atoms with E-state index >= 15 is 0 Å². The minimum absolute atomic E-state index is 0.782. The molecule has 0 aromatic carbocycles. The van der Waals surface area contributed by atoms with Crippen molar-refractivity contribution in [3.05, 3.63) is 0 Å². The van der Waals surface area contributed by atoms with Crippen LogP contribution in [0.15, 0.2) is 0 Å². The van der Waals surface area contributed by atoms with Crippen LogP contribution in [0.25, 0.3) is 0 Å². The molecular formula is C8H20N2. The Kier molecular flexibility index (Phi) is 6.98. The van der Waals surface area contributed by atoms with Crippen LogP contribution in [-0.2, 0) is 0 Å². The molecule has 0 radical (unpaired) electrons. The average Bonchev–Trinajstić information content (AvgIpc) is 1.98. The first-order valence-electron chi connectivity index (χ1n) is 4.28. The highest BCUT2D eigenvalue weighted by atomic mass is 15.2. The number of nitrogens with two attached hydrogens (primary N) is 1. The minimum atomic E-state index is 0.782. The molecule has 0 saturated heterocycles. The second-order valence-corrected chi connectivity index (χ2v) is 2.82. The highest BCUT2D eigenvalue weighted by molar-refractivity contribution is 4.57. The molecule has 0 rings (SSSR count). The van der Waals surface area contributed by atoms with Crippen LogP contribution in [0, 0.1) is 5.92 Å². The molecule has 2 nitrogen and oxygen atoms in total. The van der Waals surface area contributed by atoms with Gasteiger partial charge in [0.2, 0.25) is 0 Å². The molecule has 1 unspecified atom stereocenters. The Hall–Kier alpha value is -0.0800. The van der Waals surface area contributed by atoms with E-state index in [4.69, 9.17) is 5.84 Å². The van der Waals surface area contributed by atoms with Gasteiger partial charge in [-0.25, -0.2) is 0 Å². The van der Waals surface area contributed by atoms with E-state index in [0.717, 1.165) is 12.5 Å². The Morgan fingerprint density at radius 1 is 1.40 bits per heavy atom. The third-order valence-corrected chi connectivity index (χ3v) is 1.95. The van der Waals surface area contributed by atoms with Gasteiger partial charge < -0.3 is 0 Å². The van der Waals surface area contributed by atoms with Gasteiger partial charge in [-0.05, 0) is 12.3 Å². The summed E-state index contributed by atoms with van der Waals surface area (Å²) in [6.07, 6.45) is 5.18. The summed E-state index contributed by atoms with van der Waals surface area (Å²) in [7, 11) is 0. The number of hydrogen-bond acceptors (Lipinski definition) is 2. The maximum atomic E-state index is 5.23. The second-order valence-electron chi connectivity index (χ2n) is 2.82. The standard InChI is InChI=1S/C8H20N2/c1-3-5-6-8(4-2)7-10-9/h8,10H,3-7,9H2,1-2H3. The zero-order valence-electron chi connectivity index (χ0n) is 7.19. The lowest BCUT2D eigenvalue weighted by molar-refractivity contribution is 0.424. The van der Waals surface area contributed by atoms with Crippen LogP contribution < -0.4 is 11.3 Å². The molecule has 3 N–H and O–H groups in total. The molecule has 0 aromatic rings. The molecule has 2 heteroatoms. The van der Waals surface area contributed by atoms with Gasteiger partial charge in [0.05, 0.1) is 0 Å². The van der Waals surface area contributed by atoms with Crippen molar-refractivity contribution in [2.24, 2.45) is 11.8 Å². The molecule has 0 saturated carbocycles. The van der Waals surface area contributed by atoms with Crippen molar-refractivity contribution in [2.75, 3.05) is 6.54 Å². The first-order chi connectivity index (χ1) is 4.85. The van der Waals surface area contributed by atoms with Gasteiger partial charge in [-0.1, -0.05) is 33.1 Å². The number of unbranched alkanes of at least 4 members (excludes halogenated alkanes) is 1. The Morgan fingerprint density at radius 2 is 2.10 bits per heavy atom. The third kappa shape index (κ3) is 4.77. The van der Waals surface area contributed by atoms with E-state index in [9.17, 15) is 0 Å². The van der Waals surface area contributed by atoms with Gasteiger partial charge in [-0.3, -0.25) is 11.3 Å². The van der Waals surface area contributed by atoms with Crippen LogP contribution in [0.2, 0.25) is 0 Å². The molecule has 0 aliphatic heterocycles. The van der Waals surface area contributed by atoms with Crippen molar-refractivity contribution < 1.29 is 0 Å². The van der Waals surface area contributed by atoms with Crippen molar-refractivity contribution >= 4 is 0 Å². The van der Waals surface area contributed by atoms with Crippen molar-refractivity contribution in [3.8, 4) is 0 Å². The zero-order chi connectivity index (χ0) is 7.82. The van der Waals surface area contributed by atoms with Crippen LogP contribution in [0.3, 0.4) is 0 Å². The van der Waals surface area contributed by atoms with E-state index in [1.807, 2.05) is 0 Å². The highest BCUT2D eigenvalue weighted by Crippen LogP contribution is 2.10. The summed E-state index contributed by atoms with van der Waals surface area (Å²) in [4.78, 5) is 0. The maximum absolute atomic E-state index is 5.23. The predicted octanol–water partition coefficient (Wildman–Crippen LogP) is 1.67. The lowest BCUT2D eigenvalue weighted by atomic mass is 10.00. The molecule has 0 bridgehead atoms. The fourth-order valence-electron chi connectivity index (χ4n) is 1.11. The van der Waals surface area contributed by atoms with E-state index in [1.54, 1.807) is 0 Å². The molecule has 62 valence electrons. The molecule has 1 atom stereocenters. The normalized spacial score (nSPS) is 13.5. The monoisotopic (exact) mass is 144 g/mol. The van der Waals surface area contributed by atoms with Crippen molar-refractivity contribution in [1.82, 2.24) is 5.43 Å². The summed E-state index contributed by atoms with van der Waals surface area (Å²) < 4.78 is 0. The molecule has 0 heterocycles. The van der Waals surface area contributed by atoms with E-state index in [-0.39, 0.29) is 0 Å². The first-order valence-corrected chi connectivity index (χ1v) is 4.28. The topological polar surface area (TPSA) is 38.0 Å². The van der Waals surface area contributed by atoms with Crippen LogP contribution in [0.5, 0.6) is 0 Å². The Morgan fingerprint density at radius 3 is 2.50 bits per heavy atom. The molecule has 10 heavy (non-hydrogen) atoms. The van der Waals surface area contributed by atoms with Gasteiger partial charge in [0.1, 0.15) is 0 Å². The largest absolute Gasteiger partial charge is 0.271 e. The van der Waals surface area contributed by atoms with Crippen LogP contribution in [0.4, 0.5) is 0 Å². The summed E-state index contributed by atoms with van der Waals surface area (Å²) in [5, 5.41) is 0. The highest BCUT2D eigenvalue weighted by Gasteiger charge is 2.02. The molecule has 0 aromatic heterocycles. The fraction of sp³-hybridized carbons (Fsp3) is 1.00. The van der Waals surface area contributed by atoms with Crippen LogP contribution in [0.1, 0.15) is 39.5 Å². The quantitative estimate of drug-likeness (QED) is 0.439. The van der Waals surface area contributed by atoms with Gasteiger partial charge in [0.25, 0.3) is 0 Å². The zero-order valence-corrected chi connectivity index (χ0v) is 7.19. The molecule has 0 amide bonds. The van der Waals surface area contributed by atoms with Gasteiger partial charge >= 0.3 is 0 Å². The smallest absolute Gasteiger partial charge is 0.0126 e. The minimum Gasteiger partial charge on any atom is -0.271 e. The summed E-state index contributed by atoms with van der Waals surface area (Å²) in [5.41, 5.74) is 2.73. The van der Waals surface area contributed by atoms with E-state index in [0.29, 0.717) is 0 Å². The lowest BCUT2D eigenvalue weighted by Gasteiger charge is -2.12. The third-order valence-electron chi connectivity index (χ3n) is 1.95. The summed E-state index contributed by atoms with van der Waals surface area (Å²) in [6, 6.07) is 0. The predicted molar refractivity (Wildman–Crippen MR) is 45.5 cm³/mol. The lowest BCUT2D eigenvalue weighted by Crippen LogP contribution is -2.28. The number of nitrogens with one attached hydrogen (secondary N) is 1. The summed E-state index contributed by atoms with van der Waals surface area (Å²) in [6.45, 7) is 5.41. The van der Waals surface area contributed by atoms with Gasteiger partial charge in [0.15, 0.2) is 0 Å². The molecule has 0 fully saturated rings. The Balaban J connectivity index is 3.21. The molecule has 0 spiro atoms. The average molecular weight is 144 g/mol. The summed E-state index contributed by atoms with van der Waals surface area (Å²) in [5.74, 6) is 6.01. The molecule has 0 aliphatic carbocycles.